The van der Waals surface area contributed by atoms with Crippen LogP contribution >= 0.6 is 0 Å². The van der Waals surface area contributed by atoms with Crippen molar-refractivity contribution >= 4 is 10.4 Å². The summed E-state index contributed by atoms with van der Waals surface area (Å²) in [5.41, 5.74) is -2.86. The molecule has 9 heteroatoms. The fourth-order valence-corrected chi connectivity index (χ4v) is 6.00. The molecular weight excluding hydrogens is 384 g/mol. The van der Waals surface area contributed by atoms with E-state index in [-0.39, 0.29) is 0 Å². The summed E-state index contributed by atoms with van der Waals surface area (Å²) in [7, 11) is -2.64. The van der Waals surface area contributed by atoms with Crippen molar-refractivity contribution in [2.24, 2.45) is 0 Å². The van der Waals surface area contributed by atoms with Gasteiger partial charge in [0, 0.05) is 23.9 Å². The minimum atomic E-state index is -4.27. The topological polar surface area (TPSA) is 102 Å². The fraction of sp³-hybridized carbons (Fsp3) is 1.00. The Labute approximate surface area is 170 Å². The van der Waals surface area contributed by atoms with Gasteiger partial charge in [0.25, 0.3) is 0 Å². The molecule has 2 aliphatic rings. The Hall–Kier alpha value is -0.290. The van der Waals surface area contributed by atoms with E-state index in [1.807, 2.05) is 27.7 Å². The molecule has 0 aromatic carbocycles. The minimum absolute atomic E-state index is 0.291. The molecule has 0 aliphatic carbocycles. The van der Waals surface area contributed by atoms with Crippen molar-refractivity contribution < 1.29 is 21.4 Å². The normalized spacial score (nSPS) is 35.6. The number of hydrogen-bond donors (Lipinski definition) is 0. The van der Waals surface area contributed by atoms with E-state index < -0.39 is 49.4 Å². The van der Waals surface area contributed by atoms with E-state index in [0.717, 1.165) is 5.06 Å². The summed E-state index contributed by atoms with van der Waals surface area (Å²) in [6, 6.07) is 0. The quantitative estimate of drug-likeness (QED) is 0.506. The van der Waals surface area contributed by atoms with Gasteiger partial charge in [0.1, 0.15) is 0 Å². The van der Waals surface area contributed by atoms with Gasteiger partial charge in [-0.1, -0.05) is 0 Å². The molecule has 2 aliphatic heterocycles. The van der Waals surface area contributed by atoms with Crippen molar-refractivity contribution in [1.29, 1.82) is 0 Å². The van der Waals surface area contributed by atoms with Crippen LogP contribution in [0.25, 0.3) is 0 Å². The van der Waals surface area contributed by atoms with E-state index in [1.54, 1.807) is 34.7 Å². The lowest BCUT2D eigenvalue weighted by Crippen LogP contribution is -2.70. The Kier molecular flexibility index (Phi) is 5.88. The molecule has 166 valence electrons. The van der Waals surface area contributed by atoms with Gasteiger partial charge in [-0.25, -0.2) is 8.37 Å². The SMILES string of the molecule is CC1(C)CC(OS(=O)(=O)OC2CC(C)(C)[N+](C)([O-])C(C)(C)C2)CC(C)(C)N1[O-]. The molecule has 2 saturated heterocycles. The Bertz CT molecular complexity index is 661. The fourth-order valence-electron chi connectivity index (χ4n) is 5.02. The standard InChI is InChI=1S/C19H37N2O6S/c1-16(2)10-14(11-17(3,4)20(16)22)26-28(24,25)27-15-12-18(5,6)21(9,23)19(7,8)13-15/h14-15H,10-13H2,1-9H3/q-1. The molecule has 0 amide bonds. The van der Waals surface area contributed by atoms with Crippen LogP contribution in [0.1, 0.15) is 81.1 Å². The summed E-state index contributed by atoms with van der Waals surface area (Å²) < 4.78 is 35.6. The highest BCUT2D eigenvalue weighted by molar-refractivity contribution is 7.81. The van der Waals surface area contributed by atoms with E-state index in [9.17, 15) is 18.8 Å². The lowest BCUT2D eigenvalue weighted by atomic mass is 9.78. The Morgan fingerprint density at radius 2 is 1.14 bits per heavy atom. The molecule has 2 fully saturated rings. The predicted octanol–water partition coefficient (Wildman–Crippen LogP) is 3.45. The monoisotopic (exact) mass is 421 g/mol. The lowest BCUT2D eigenvalue weighted by molar-refractivity contribution is -0.962. The number of nitrogens with zero attached hydrogens (tertiary/aromatic N) is 2. The molecule has 0 spiro atoms. The first-order valence-corrected chi connectivity index (χ1v) is 11.2. The van der Waals surface area contributed by atoms with Crippen LogP contribution in [-0.4, -0.2) is 59.5 Å². The van der Waals surface area contributed by atoms with Crippen LogP contribution in [-0.2, 0) is 18.8 Å². The van der Waals surface area contributed by atoms with Gasteiger partial charge >= 0.3 is 10.4 Å². The maximum atomic E-state index is 13.1. The van der Waals surface area contributed by atoms with Crippen molar-refractivity contribution in [3.05, 3.63) is 10.4 Å². The number of rotatable bonds is 4. The smallest absolute Gasteiger partial charge is 0.400 e. The van der Waals surface area contributed by atoms with Gasteiger partial charge in [-0.05, 0) is 68.2 Å². The van der Waals surface area contributed by atoms with Gasteiger partial charge in [-0.15, -0.1) is 0 Å². The Balaban J connectivity index is 2.13. The molecular formula is C19H37N2O6S-. The molecule has 0 bridgehead atoms. The molecule has 0 radical (unpaired) electrons. The van der Waals surface area contributed by atoms with Crippen LogP contribution in [0.5, 0.6) is 0 Å². The highest BCUT2D eigenvalue weighted by Gasteiger charge is 2.53. The highest BCUT2D eigenvalue weighted by atomic mass is 32.3. The highest BCUT2D eigenvalue weighted by Crippen LogP contribution is 2.45. The summed E-state index contributed by atoms with van der Waals surface area (Å²) in [6.45, 7) is 14.5. The first-order chi connectivity index (χ1) is 12.2. The molecule has 0 saturated carbocycles. The number of hydrogen-bond acceptors (Lipinski definition) is 7. The van der Waals surface area contributed by atoms with Crippen molar-refractivity contribution in [3.8, 4) is 0 Å². The second-order valence-electron chi connectivity index (χ2n) is 11.1. The van der Waals surface area contributed by atoms with E-state index in [0.29, 0.717) is 25.7 Å². The average molecular weight is 422 g/mol. The largest absolute Gasteiger partial charge is 0.784 e. The van der Waals surface area contributed by atoms with Crippen LogP contribution < -0.4 is 0 Å². The molecule has 0 aromatic rings. The minimum Gasteiger partial charge on any atom is -0.784 e. The molecule has 0 unspecified atom stereocenters. The van der Waals surface area contributed by atoms with E-state index >= 15 is 0 Å². The molecule has 28 heavy (non-hydrogen) atoms. The molecule has 8 nitrogen and oxygen atoms in total. The molecule has 0 N–H and O–H groups in total. The van der Waals surface area contributed by atoms with E-state index in [1.165, 1.54) is 0 Å². The maximum absolute atomic E-state index is 13.1. The zero-order chi connectivity index (χ0) is 22.0. The summed E-state index contributed by atoms with van der Waals surface area (Å²) >= 11 is 0. The average Bonchev–Trinajstić information content (AvgIpc) is 2.40. The van der Waals surface area contributed by atoms with Crippen molar-refractivity contribution in [1.82, 2.24) is 5.06 Å². The second kappa shape index (κ2) is 6.87. The number of piperidine rings is 2. The predicted molar refractivity (Wildman–Crippen MR) is 108 cm³/mol. The van der Waals surface area contributed by atoms with Gasteiger partial charge in [-0.3, -0.25) is 0 Å². The Morgan fingerprint density at radius 1 is 0.821 bits per heavy atom. The first kappa shape index (κ1) is 24.0. The number of quaternary nitrogens is 1. The summed E-state index contributed by atoms with van der Waals surface area (Å²) in [5.74, 6) is 0. The third-order valence-corrected chi connectivity index (χ3v) is 7.84. The summed E-state index contributed by atoms with van der Waals surface area (Å²) in [5, 5.41) is 26.6. The first-order valence-electron chi connectivity index (χ1n) is 9.89. The molecule has 0 aromatic heterocycles. The zero-order valence-electron chi connectivity index (χ0n) is 18.7. The van der Waals surface area contributed by atoms with Gasteiger partial charge in [0.15, 0.2) is 0 Å². The number of likely N-dealkylation sites (tertiary alicyclic amines) is 1. The molecule has 2 heterocycles. The summed E-state index contributed by atoms with van der Waals surface area (Å²) in [6.07, 6.45) is -0.0511. The van der Waals surface area contributed by atoms with Gasteiger partial charge in [0.2, 0.25) is 0 Å². The van der Waals surface area contributed by atoms with Crippen LogP contribution in [0.3, 0.4) is 0 Å². The summed E-state index contributed by atoms with van der Waals surface area (Å²) in [4.78, 5) is 0. The van der Waals surface area contributed by atoms with Crippen LogP contribution in [0.4, 0.5) is 0 Å². The van der Waals surface area contributed by atoms with Crippen LogP contribution in [0.15, 0.2) is 0 Å². The van der Waals surface area contributed by atoms with E-state index in [4.69, 9.17) is 8.37 Å². The molecule has 0 atom stereocenters. The van der Waals surface area contributed by atoms with E-state index in [2.05, 4.69) is 0 Å². The maximum Gasteiger partial charge on any atom is 0.400 e. The van der Waals surface area contributed by atoms with Gasteiger partial charge in [0.05, 0.1) is 30.3 Å². The zero-order valence-corrected chi connectivity index (χ0v) is 19.6. The Morgan fingerprint density at radius 3 is 1.50 bits per heavy atom. The number of hydroxylamine groups is 5. The third kappa shape index (κ3) is 4.40. The second-order valence-corrected chi connectivity index (χ2v) is 12.3. The van der Waals surface area contributed by atoms with Crippen molar-refractivity contribution in [2.45, 2.75) is 115 Å². The van der Waals surface area contributed by atoms with Crippen molar-refractivity contribution in [3.63, 3.8) is 0 Å². The van der Waals surface area contributed by atoms with Crippen LogP contribution in [0, 0.1) is 10.4 Å². The van der Waals surface area contributed by atoms with Crippen LogP contribution in [0.2, 0.25) is 0 Å². The lowest BCUT2D eigenvalue weighted by Gasteiger charge is -2.64. The van der Waals surface area contributed by atoms with Gasteiger partial charge < -0.3 is 20.1 Å². The molecule has 2 rings (SSSR count). The third-order valence-electron chi connectivity index (χ3n) is 6.83. The van der Waals surface area contributed by atoms with Gasteiger partial charge in [-0.2, -0.15) is 8.42 Å². The van der Waals surface area contributed by atoms with Crippen molar-refractivity contribution in [2.75, 3.05) is 7.05 Å².